The molecule has 100 valence electrons. The van der Waals surface area contributed by atoms with Crippen molar-refractivity contribution in [2.24, 2.45) is 5.73 Å². The van der Waals surface area contributed by atoms with Crippen LogP contribution in [0.1, 0.15) is 33.6 Å². The number of nitrogens with two attached hydrogens (primary N) is 1. The van der Waals surface area contributed by atoms with Gasteiger partial charge in [-0.05, 0) is 26.7 Å². The van der Waals surface area contributed by atoms with Crippen molar-refractivity contribution in [2.75, 3.05) is 26.3 Å². The largest absolute Gasteiger partial charge is 0.379 e. The zero-order valence-corrected chi connectivity index (χ0v) is 11.2. The summed E-state index contributed by atoms with van der Waals surface area (Å²) in [6.07, 6.45) is 1.83. The summed E-state index contributed by atoms with van der Waals surface area (Å²) in [6, 6.07) is 0.119. The van der Waals surface area contributed by atoms with Gasteiger partial charge >= 0.3 is 6.03 Å². The highest BCUT2D eigenvalue weighted by molar-refractivity contribution is 5.75. The highest BCUT2D eigenvalue weighted by atomic mass is 16.5. The van der Waals surface area contributed by atoms with Crippen molar-refractivity contribution in [3.63, 3.8) is 0 Å². The second-order valence-corrected chi connectivity index (χ2v) is 5.18. The van der Waals surface area contributed by atoms with E-state index in [0.717, 1.165) is 26.0 Å². The van der Waals surface area contributed by atoms with E-state index in [-0.39, 0.29) is 17.6 Å². The van der Waals surface area contributed by atoms with Gasteiger partial charge in [0.25, 0.3) is 0 Å². The molecule has 3 N–H and O–H groups in total. The second kappa shape index (κ2) is 6.21. The lowest BCUT2D eigenvalue weighted by Gasteiger charge is -2.38. The highest BCUT2D eigenvalue weighted by Gasteiger charge is 2.30. The number of hydrogen-bond acceptors (Lipinski definition) is 3. The lowest BCUT2D eigenvalue weighted by molar-refractivity contribution is 0.133. The fraction of sp³-hybridized carbons (Fsp3) is 0.917. The number of nitrogens with zero attached hydrogens (tertiary/aromatic N) is 1. The van der Waals surface area contributed by atoms with Crippen LogP contribution in [0.4, 0.5) is 4.79 Å². The maximum atomic E-state index is 12.2. The predicted molar refractivity (Wildman–Crippen MR) is 67.9 cm³/mol. The Morgan fingerprint density at radius 3 is 2.76 bits per heavy atom. The minimum absolute atomic E-state index is 0.0298. The third-order valence-corrected chi connectivity index (χ3v) is 3.18. The van der Waals surface area contributed by atoms with Gasteiger partial charge in [-0.3, -0.25) is 0 Å². The summed E-state index contributed by atoms with van der Waals surface area (Å²) in [4.78, 5) is 14.0. The van der Waals surface area contributed by atoms with E-state index in [1.807, 2.05) is 18.7 Å². The average Bonchev–Trinajstić information content (AvgIpc) is 2.78. The van der Waals surface area contributed by atoms with Crippen LogP contribution < -0.4 is 11.1 Å². The Hall–Kier alpha value is -0.810. The van der Waals surface area contributed by atoms with Gasteiger partial charge in [-0.25, -0.2) is 4.79 Å². The molecule has 0 saturated carbocycles. The Kier molecular flexibility index (Phi) is 5.21. The van der Waals surface area contributed by atoms with Crippen LogP contribution in [0.2, 0.25) is 0 Å². The molecule has 17 heavy (non-hydrogen) atoms. The SMILES string of the molecule is CCCN(C(=O)NC1CCOC1)C(C)(C)CN. The van der Waals surface area contributed by atoms with Crippen LogP contribution in [-0.2, 0) is 4.74 Å². The van der Waals surface area contributed by atoms with Gasteiger partial charge in [-0.2, -0.15) is 0 Å². The summed E-state index contributed by atoms with van der Waals surface area (Å²) < 4.78 is 5.25. The molecule has 1 heterocycles. The molecule has 1 aliphatic rings. The number of carbonyl (C=O) groups excluding carboxylic acids is 1. The minimum atomic E-state index is -0.306. The third kappa shape index (κ3) is 3.85. The van der Waals surface area contributed by atoms with Crippen LogP contribution in [0.25, 0.3) is 0 Å². The fourth-order valence-electron chi connectivity index (χ4n) is 1.91. The molecule has 1 atom stereocenters. The number of hydrogen-bond donors (Lipinski definition) is 2. The monoisotopic (exact) mass is 243 g/mol. The Bertz CT molecular complexity index is 250. The van der Waals surface area contributed by atoms with Crippen LogP contribution in [0.15, 0.2) is 0 Å². The van der Waals surface area contributed by atoms with Crippen molar-refractivity contribution in [1.82, 2.24) is 10.2 Å². The summed E-state index contributed by atoms with van der Waals surface area (Å²) in [6.45, 7) is 8.59. The second-order valence-electron chi connectivity index (χ2n) is 5.18. The molecule has 5 nitrogen and oxygen atoms in total. The summed E-state index contributed by atoms with van der Waals surface area (Å²) in [5.74, 6) is 0. The lowest BCUT2D eigenvalue weighted by Crippen LogP contribution is -2.57. The normalized spacial score (nSPS) is 20.4. The van der Waals surface area contributed by atoms with Crippen molar-refractivity contribution < 1.29 is 9.53 Å². The van der Waals surface area contributed by atoms with Crippen molar-refractivity contribution >= 4 is 6.03 Å². The van der Waals surface area contributed by atoms with E-state index in [2.05, 4.69) is 12.2 Å². The van der Waals surface area contributed by atoms with E-state index < -0.39 is 0 Å². The molecule has 5 heteroatoms. The Morgan fingerprint density at radius 2 is 2.29 bits per heavy atom. The summed E-state index contributed by atoms with van der Waals surface area (Å²) in [7, 11) is 0. The molecule has 0 aromatic heterocycles. The molecule has 0 aromatic rings. The van der Waals surface area contributed by atoms with E-state index in [4.69, 9.17) is 10.5 Å². The van der Waals surface area contributed by atoms with E-state index in [0.29, 0.717) is 13.2 Å². The molecule has 1 saturated heterocycles. The van der Waals surface area contributed by atoms with Crippen molar-refractivity contribution in [2.45, 2.75) is 45.2 Å². The van der Waals surface area contributed by atoms with E-state index in [9.17, 15) is 4.79 Å². The molecule has 1 fully saturated rings. The molecule has 0 bridgehead atoms. The fourth-order valence-corrected chi connectivity index (χ4v) is 1.91. The first-order valence-corrected chi connectivity index (χ1v) is 6.37. The van der Waals surface area contributed by atoms with Crippen LogP contribution in [0.3, 0.4) is 0 Å². The molecule has 0 aromatic carbocycles. The van der Waals surface area contributed by atoms with Gasteiger partial charge in [-0.15, -0.1) is 0 Å². The number of rotatable bonds is 5. The predicted octanol–water partition coefficient (Wildman–Crippen LogP) is 0.934. The molecule has 1 aliphatic heterocycles. The molecule has 0 aliphatic carbocycles. The van der Waals surface area contributed by atoms with Crippen LogP contribution in [0, 0.1) is 0 Å². The van der Waals surface area contributed by atoms with E-state index in [1.54, 1.807) is 0 Å². The number of ether oxygens (including phenoxy) is 1. The smallest absolute Gasteiger partial charge is 0.318 e. The van der Waals surface area contributed by atoms with E-state index in [1.165, 1.54) is 0 Å². The maximum absolute atomic E-state index is 12.2. The Morgan fingerprint density at radius 1 is 1.59 bits per heavy atom. The lowest BCUT2D eigenvalue weighted by atomic mass is 10.0. The Balaban J connectivity index is 2.59. The minimum Gasteiger partial charge on any atom is -0.379 e. The molecular formula is C12H25N3O2. The summed E-state index contributed by atoms with van der Waals surface area (Å²) >= 11 is 0. The number of nitrogens with one attached hydrogen (secondary N) is 1. The average molecular weight is 243 g/mol. The first-order chi connectivity index (χ1) is 8.01. The van der Waals surface area contributed by atoms with Crippen molar-refractivity contribution in [3.05, 3.63) is 0 Å². The van der Waals surface area contributed by atoms with Gasteiger partial charge in [0.15, 0.2) is 0 Å². The summed E-state index contributed by atoms with van der Waals surface area (Å²) in [5, 5.41) is 3.01. The number of amides is 2. The highest BCUT2D eigenvalue weighted by Crippen LogP contribution is 2.14. The van der Waals surface area contributed by atoms with Crippen molar-refractivity contribution in [3.8, 4) is 0 Å². The summed E-state index contributed by atoms with van der Waals surface area (Å²) in [5.41, 5.74) is 5.43. The maximum Gasteiger partial charge on any atom is 0.318 e. The molecular weight excluding hydrogens is 218 g/mol. The first kappa shape index (κ1) is 14.3. The van der Waals surface area contributed by atoms with E-state index >= 15 is 0 Å². The van der Waals surface area contributed by atoms with Gasteiger partial charge in [0, 0.05) is 19.7 Å². The van der Waals surface area contributed by atoms with Gasteiger partial charge in [0.2, 0.25) is 0 Å². The quantitative estimate of drug-likeness (QED) is 0.755. The van der Waals surface area contributed by atoms with Crippen LogP contribution in [0.5, 0.6) is 0 Å². The molecule has 2 amide bonds. The topological polar surface area (TPSA) is 67.6 Å². The van der Waals surface area contributed by atoms with Crippen molar-refractivity contribution in [1.29, 1.82) is 0 Å². The van der Waals surface area contributed by atoms with Crippen LogP contribution >= 0.6 is 0 Å². The standard InChI is InChI=1S/C12H25N3O2/c1-4-6-15(12(2,3)9-13)11(16)14-10-5-7-17-8-10/h10H,4-9,13H2,1-3H3,(H,14,16). The zero-order chi connectivity index (χ0) is 12.9. The van der Waals surface area contributed by atoms with Crippen LogP contribution in [-0.4, -0.2) is 48.8 Å². The first-order valence-electron chi connectivity index (χ1n) is 6.37. The molecule has 0 radical (unpaired) electrons. The van der Waals surface area contributed by atoms with Gasteiger partial charge in [0.1, 0.15) is 0 Å². The number of carbonyl (C=O) groups is 1. The molecule has 0 spiro atoms. The number of urea groups is 1. The van der Waals surface area contributed by atoms with Gasteiger partial charge < -0.3 is 20.7 Å². The Labute approximate surface area is 104 Å². The zero-order valence-electron chi connectivity index (χ0n) is 11.2. The van der Waals surface area contributed by atoms with Gasteiger partial charge in [0.05, 0.1) is 18.2 Å². The molecule has 1 rings (SSSR count). The molecule has 1 unspecified atom stereocenters. The third-order valence-electron chi connectivity index (χ3n) is 3.18. The van der Waals surface area contributed by atoms with Gasteiger partial charge in [-0.1, -0.05) is 6.92 Å².